The molecule has 21 heavy (non-hydrogen) atoms. The van der Waals surface area contributed by atoms with E-state index in [-0.39, 0.29) is 5.82 Å². The lowest BCUT2D eigenvalue weighted by Crippen LogP contribution is -1.88. The fourth-order valence-electron chi connectivity index (χ4n) is 2.20. The minimum Gasteiger partial charge on any atom is -0.331 e. The first-order chi connectivity index (χ1) is 10.2. The maximum Gasteiger partial charge on any atom is 0.188 e. The van der Waals surface area contributed by atoms with Crippen LogP contribution in [0.15, 0.2) is 36.4 Å². The van der Waals surface area contributed by atoms with E-state index in [9.17, 15) is 4.39 Å². The molecule has 2 aromatic carbocycles. The molecule has 0 aliphatic carbocycles. The van der Waals surface area contributed by atoms with Gasteiger partial charge in [-0.25, -0.2) is 14.4 Å². The molecule has 0 bridgehead atoms. The standard InChI is InChI=1S/C15H10FN3S2/c1-8-17-12-7-10(3-5-13(12)20-8)18-15-19-11-4-2-9(16)6-14(11)21-15/h2-7H,1H3,(H,18,19). The minimum atomic E-state index is -0.239. The van der Waals surface area contributed by atoms with Gasteiger partial charge in [0.2, 0.25) is 0 Å². The van der Waals surface area contributed by atoms with E-state index < -0.39 is 0 Å². The Kier molecular flexibility index (Phi) is 2.87. The summed E-state index contributed by atoms with van der Waals surface area (Å²) in [7, 11) is 0. The fourth-order valence-corrected chi connectivity index (χ4v) is 3.91. The SMILES string of the molecule is Cc1nc2cc(Nc3nc4ccc(F)cc4s3)ccc2s1. The summed E-state index contributed by atoms with van der Waals surface area (Å²) < 4.78 is 15.2. The molecule has 6 heteroatoms. The molecule has 0 unspecified atom stereocenters. The molecule has 0 saturated carbocycles. The summed E-state index contributed by atoms with van der Waals surface area (Å²) in [5.41, 5.74) is 2.72. The molecule has 0 radical (unpaired) electrons. The van der Waals surface area contributed by atoms with E-state index in [2.05, 4.69) is 21.4 Å². The number of hydrogen-bond donors (Lipinski definition) is 1. The van der Waals surface area contributed by atoms with Crippen LogP contribution >= 0.6 is 22.7 Å². The van der Waals surface area contributed by atoms with Crippen LogP contribution in [0.3, 0.4) is 0 Å². The predicted molar refractivity (Wildman–Crippen MR) is 87.2 cm³/mol. The molecular formula is C15H10FN3S2. The molecule has 0 spiro atoms. The molecule has 0 fully saturated rings. The third-order valence-corrected chi connectivity index (χ3v) is 4.98. The van der Waals surface area contributed by atoms with Crippen LogP contribution in [0.4, 0.5) is 15.2 Å². The van der Waals surface area contributed by atoms with Gasteiger partial charge in [0.25, 0.3) is 0 Å². The Morgan fingerprint density at radius 2 is 1.86 bits per heavy atom. The number of rotatable bonds is 2. The van der Waals surface area contributed by atoms with Crippen LogP contribution in [-0.4, -0.2) is 9.97 Å². The lowest BCUT2D eigenvalue weighted by molar-refractivity contribution is 0.630. The molecule has 2 heterocycles. The Morgan fingerprint density at radius 3 is 2.76 bits per heavy atom. The normalized spacial score (nSPS) is 11.3. The summed E-state index contributed by atoms with van der Waals surface area (Å²) in [6.45, 7) is 2.00. The molecule has 0 aliphatic heterocycles. The maximum atomic E-state index is 13.2. The third-order valence-electron chi connectivity index (χ3n) is 3.10. The molecule has 0 atom stereocenters. The largest absolute Gasteiger partial charge is 0.331 e. The lowest BCUT2D eigenvalue weighted by Gasteiger charge is -2.01. The summed E-state index contributed by atoms with van der Waals surface area (Å²) in [6.07, 6.45) is 0. The predicted octanol–water partition coefficient (Wildman–Crippen LogP) is 5.10. The number of fused-ring (bicyclic) bond motifs is 2. The summed E-state index contributed by atoms with van der Waals surface area (Å²) in [5.74, 6) is -0.239. The molecule has 0 saturated heterocycles. The Labute approximate surface area is 128 Å². The quantitative estimate of drug-likeness (QED) is 0.559. The van der Waals surface area contributed by atoms with Crippen molar-refractivity contribution >= 4 is 53.9 Å². The number of hydrogen-bond acceptors (Lipinski definition) is 5. The molecule has 0 amide bonds. The maximum absolute atomic E-state index is 13.2. The molecular weight excluding hydrogens is 305 g/mol. The number of nitrogens with one attached hydrogen (secondary N) is 1. The van der Waals surface area contributed by atoms with Gasteiger partial charge in [-0.3, -0.25) is 0 Å². The van der Waals surface area contributed by atoms with Gasteiger partial charge in [-0.15, -0.1) is 11.3 Å². The number of aromatic nitrogens is 2. The third kappa shape index (κ3) is 2.36. The van der Waals surface area contributed by atoms with Crippen molar-refractivity contribution in [3.8, 4) is 0 Å². The minimum absolute atomic E-state index is 0.239. The van der Waals surface area contributed by atoms with Gasteiger partial charge in [0, 0.05) is 5.69 Å². The van der Waals surface area contributed by atoms with Crippen molar-refractivity contribution in [2.24, 2.45) is 0 Å². The highest BCUT2D eigenvalue weighted by atomic mass is 32.1. The monoisotopic (exact) mass is 315 g/mol. The van der Waals surface area contributed by atoms with E-state index in [4.69, 9.17) is 0 Å². The van der Waals surface area contributed by atoms with Crippen molar-refractivity contribution in [3.05, 3.63) is 47.2 Å². The van der Waals surface area contributed by atoms with E-state index in [1.54, 1.807) is 17.4 Å². The number of benzene rings is 2. The summed E-state index contributed by atoms with van der Waals surface area (Å²) in [6, 6.07) is 10.7. The Hall–Kier alpha value is -2.05. The van der Waals surface area contributed by atoms with E-state index in [0.717, 1.165) is 31.6 Å². The first-order valence-corrected chi connectivity index (χ1v) is 8.01. The Balaban J connectivity index is 1.71. The van der Waals surface area contributed by atoms with Crippen LogP contribution in [-0.2, 0) is 0 Å². The van der Waals surface area contributed by atoms with Crippen LogP contribution in [0.2, 0.25) is 0 Å². The van der Waals surface area contributed by atoms with Gasteiger partial charge in [-0.2, -0.15) is 0 Å². The molecule has 0 aliphatic rings. The fraction of sp³-hybridized carbons (Fsp3) is 0.0667. The molecule has 104 valence electrons. The molecule has 4 aromatic rings. The number of nitrogens with zero attached hydrogens (tertiary/aromatic N) is 2. The van der Waals surface area contributed by atoms with Crippen LogP contribution in [0.25, 0.3) is 20.4 Å². The van der Waals surface area contributed by atoms with E-state index >= 15 is 0 Å². The lowest BCUT2D eigenvalue weighted by atomic mass is 10.3. The number of thiazole rings is 2. The first-order valence-electron chi connectivity index (χ1n) is 6.38. The molecule has 1 N–H and O–H groups in total. The zero-order valence-corrected chi connectivity index (χ0v) is 12.7. The number of anilines is 2. The van der Waals surface area contributed by atoms with Crippen molar-refractivity contribution in [3.63, 3.8) is 0 Å². The molecule has 2 aromatic heterocycles. The molecule has 4 rings (SSSR count). The topological polar surface area (TPSA) is 37.8 Å². The van der Waals surface area contributed by atoms with Crippen LogP contribution in [0.5, 0.6) is 0 Å². The van der Waals surface area contributed by atoms with Crippen LogP contribution in [0.1, 0.15) is 5.01 Å². The highest BCUT2D eigenvalue weighted by molar-refractivity contribution is 7.22. The van der Waals surface area contributed by atoms with Crippen molar-refractivity contribution < 1.29 is 4.39 Å². The number of halogens is 1. The second kappa shape index (κ2) is 4.75. The highest BCUT2D eigenvalue weighted by Gasteiger charge is 2.06. The van der Waals surface area contributed by atoms with Gasteiger partial charge in [-0.1, -0.05) is 11.3 Å². The van der Waals surface area contributed by atoms with Gasteiger partial charge in [0.15, 0.2) is 5.13 Å². The van der Waals surface area contributed by atoms with Gasteiger partial charge in [0.05, 0.1) is 25.4 Å². The van der Waals surface area contributed by atoms with E-state index in [1.807, 2.05) is 19.1 Å². The van der Waals surface area contributed by atoms with Crippen molar-refractivity contribution in [1.82, 2.24) is 9.97 Å². The second-order valence-corrected chi connectivity index (χ2v) is 6.94. The average molecular weight is 315 g/mol. The van der Waals surface area contributed by atoms with Gasteiger partial charge < -0.3 is 5.32 Å². The Morgan fingerprint density at radius 1 is 0.952 bits per heavy atom. The van der Waals surface area contributed by atoms with E-state index in [0.29, 0.717) is 0 Å². The van der Waals surface area contributed by atoms with Gasteiger partial charge in [0.1, 0.15) is 5.82 Å². The van der Waals surface area contributed by atoms with E-state index in [1.165, 1.54) is 28.2 Å². The average Bonchev–Trinajstić information content (AvgIpc) is 2.99. The zero-order valence-electron chi connectivity index (χ0n) is 11.1. The van der Waals surface area contributed by atoms with Crippen molar-refractivity contribution in [1.29, 1.82) is 0 Å². The van der Waals surface area contributed by atoms with Crippen molar-refractivity contribution in [2.45, 2.75) is 6.92 Å². The summed E-state index contributed by atoms with van der Waals surface area (Å²) in [4.78, 5) is 8.94. The van der Waals surface area contributed by atoms with Crippen LogP contribution < -0.4 is 5.32 Å². The summed E-state index contributed by atoms with van der Waals surface area (Å²) >= 11 is 3.12. The smallest absolute Gasteiger partial charge is 0.188 e. The van der Waals surface area contributed by atoms with Gasteiger partial charge >= 0.3 is 0 Å². The highest BCUT2D eigenvalue weighted by Crippen LogP contribution is 2.30. The number of aryl methyl sites for hydroxylation is 1. The summed E-state index contributed by atoms with van der Waals surface area (Å²) in [5, 5.41) is 5.07. The molecule has 3 nitrogen and oxygen atoms in total. The first kappa shape index (κ1) is 12.7. The Bertz CT molecular complexity index is 958. The zero-order chi connectivity index (χ0) is 14.4. The second-order valence-electron chi connectivity index (χ2n) is 4.67. The van der Waals surface area contributed by atoms with Gasteiger partial charge in [-0.05, 0) is 43.3 Å². The van der Waals surface area contributed by atoms with Crippen LogP contribution in [0, 0.1) is 12.7 Å². The van der Waals surface area contributed by atoms with Crippen molar-refractivity contribution in [2.75, 3.05) is 5.32 Å².